The number of morpholine rings is 1. The molecule has 39 heavy (non-hydrogen) atoms. The van der Waals surface area contributed by atoms with Crippen molar-refractivity contribution in [2.45, 2.75) is 12.5 Å². The van der Waals surface area contributed by atoms with Gasteiger partial charge >= 0.3 is 0 Å². The third kappa shape index (κ3) is 5.05. The van der Waals surface area contributed by atoms with Crippen molar-refractivity contribution in [3.8, 4) is 5.75 Å². The monoisotopic (exact) mass is 547 g/mol. The Bertz CT molecular complexity index is 1430. The van der Waals surface area contributed by atoms with E-state index in [9.17, 15) is 4.79 Å². The van der Waals surface area contributed by atoms with Gasteiger partial charge in [0.15, 0.2) is 5.82 Å². The number of aromatic nitrogens is 2. The molecular formula is C28H30ClN7O3. The van der Waals surface area contributed by atoms with Crippen LogP contribution < -0.4 is 20.3 Å². The Kier molecular flexibility index (Phi) is 6.88. The second kappa shape index (κ2) is 10.6. The van der Waals surface area contributed by atoms with Crippen LogP contribution >= 0.6 is 11.6 Å². The van der Waals surface area contributed by atoms with Crippen molar-refractivity contribution in [3.05, 3.63) is 71.1 Å². The zero-order valence-corrected chi connectivity index (χ0v) is 22.6. The van der Waals surface area contributed by atoms with Crippen LogP contribution in [-0.4, -0.2) is 78.7 Å². The Labute approximate surface area is 232 Å². The second-order valence-electron chi connectivity index (χ2n) is 9.76. The molecule has 1 saturated heterocycles. The Balaban J connectivity index is 1.23. The number of rotatable bonds is 6. The number of fused-ring (bicyclic) bond motifs is 2. The fourth-order valence-electron chi connectivity index (χ4n) is 5.14. The maximum Gasteiger partial charge on any atom is 0.255 e. The van der Waals surface area contributed by atoms with E-state index in [1.54, 1.807) is 19.1 Å². The highest BCUT2D eigenvalue weighted by atomic mass is 35.5. The van der Waals surface area contributed by atoms with E-state index >= 15 is 0 Å². The molecular weight excluding hydrogens is 518 g/mol. The molecule has 3 aliphatic heterocycles. The van der Waals surface area contributed by atoms with Gasteiger partial charge < -0.3 is 34.8 Å². The van der Waals surface area contributed by atoms with Crippen LogP contribution in [0.1, 0.15) is 15.9 Å². The number of benzene rings is 2. The standard InChI is InChI=1S/C28H30ClN7O3/c1-34-9-8-18-4-3-5-23(25(18)27(34)37)31-26-21(29)15-30-28(33-26)32-22-7-6-19(14-24(22)38-2)36-11-10-35-12-13-39-17-20(35)16-36/h3-7,10-11,14-15,20H,8-9,12-13,16-17H2,1-2H3,(H2,30,31,32,33)/t20-/m1/s1. The molecule has 6 rings (SSSR count). The summed E-state index contributed by atoms with van der Waals surface area (Å²) < 4.78 is 11.4. The van der Waals surface area contributed by atoms with Crippen molar-refractivity contribution in [1.29, 1.82) is 0 Å². The predicted octanol–water partition coefficient (Wildman–Crippen LogP) is 4.25. The van der Waals surface area contributed by atoms with Crippen LogP contribution in [0.15, 0.2) is 55.0 Å². The van der Waals surface area contributed by atoms with Gasteiger partial charge in [0.05, 0.1) is 49.5 Å². The van der Waals surface area contributed by atoms with Crippen LogP contribution in [0.3, 0.4) is 0 Å². The predicted molar refractivity (Wildman–Crippen MR) is 152 cm³/mol. The quantitative estimate of drug-likeness (QED) is 0.469. The van der Waals surface area contributed by atoms with E-state index in [1.807, 2.05) is 36.4 Å². The summed E-state index contributed by atoms with van der Waals surface area (Å²) in [7, 11) is 3.44. The summed E-state index contributed by atoms with van der Waals surface area (Å²) in [4.78, 5) is 28.1. The minimum absolute atomic E-state index is 0.0278. The van der Waals surface area contributed by atoms with Crippen molar-refractivity contribution in [1.82, 2.24) is 19.8 Å². The molecule has 1 aromatic heterocycles. The van der Waals surface area contributed by atoms with Crippen molar-refractivity contribution in [3.63, 3.8) is 0 Å². The molecule has 2 N–H and O–H groups in total. The first-order chi connectivity index (χ1) is 19.0. The molecule has 0 aliphatic carbocycles. The molecule has 11 heteroatoms. The topological polar surface area (TPSA) is 95.1 Å². The Morgan fingerprint density at radius 2 is 2.03 bits per heavy atom. The molecule has 1 atom stereocenters. The number of hydrogen-bond acceptors (Lipinski definition) is 9. The fraction of sp³-hybridized carbons (Fsp3) is 0.321. The van der Waals surface area contributed by atoms with Crippen LogP contribution in [-0.2, 0) is 11.2 Å². The molecule has 0 bridgehead atoms. The van der Waals surface area contributed by atoms with Gasteiger partial charge in [0.1, 0.15) is 10.8 Å². The molecule has 10 nitrogen and oxygen atoms in total. The molecule has 1 fully saturated rings. The van der Waals surface area contributed by atoms with Gasteiger partial charge in [-0.3, -0.25) is 4.79 Å². The molecule has 3 aromatic rings. The van der Waals surface area contributed by atoms with Gasteiger partial charge in [0.25, 0.3) is 5.91 Å². The summed E-state index contributed by atoms with van der Waals surface area (Å²) in [6, 6.07) is 12.1. The molecule has 4 heterocycles. The van der Waals surface area contributed by atoms with E-state index in [4.69, 9.17) is 21.1 Å². The van der Waals surface area contributed by atoms with Gasteiger partial charge in [0, 0.05) is 50.8 Å². The van der Waals surface area contributed by atoms with Crippen LogP contribution in [0.25, 0.3) is 0 Å². The maximum atomic E-state index is 12.9. The van der Waals surface area contributed by atoms with Gasteiger partial charge in [-0.05, 0) is 30.2 Å². The number of anilines is 5. The molecule has 0 radical (unpaired) electrons. The van der Waals surface area contributed by atoms with E-state index in [0.29, 0.717) is 52.1 Å². The summed E-state index contributed by atoms with van der Waals surface area (Å²) in [6.07, 6.45) is 6.54. The third-order valence-electron chi connectivity index (χ3n) is 7.31. The number of likely N-dealkylation sites (N-methyl/N-ethyl adjacent to an activating group) is 1. The lowest BCUT2D eigenvalue weighted by molar-refractivity contribution is 0.0166. The first-order valence-electron chi connectivity index (χ1n) is 12.9. The number of methoxy groups -OCH3 is 1. The minimum Gasteiger partial charge on any atom is -0.494 e. The van der Waals surface area contributed by atoms with Crippen LogP contribution in [0, 0.1) is 0 Å². The first-order valence-corrected chi connectivity index (χ1v) is 13.3. The van der Waals surface area contributed by atoms with Crippen LogP contribution in [0.4, 0.5) is 28.8 Å². The molecule has 3 aliphatic rings. The molecule has 2 aromatic carbocycles. The van der Waals surface area contributed by atoms with Crippen molar-refractivity contribution in [2.75, 3.05) is 62.5 Å². The lowest BCUT2D eigenvalue weighted by Crippen LogP contribution is -2.50. The van der Waals surface area contributed by atoms with Gasteiger partial charge in [-0.2, -0.15) is 4.98 Å². The smallest absolute Gasteiger partial charge is 0.255 e. The van der Waals surface area contributed by atoms with Gasteiger partial charge in [-0.25, -0.2) is 4.98 Å². The largest absolute Gasteiger partial charge is 0.494 e. The Morgan fingerprint density at radius 3 is 2.90 bits per heavy atom. The SMILES string of the molecule is COc1cc(N2C=CN3CCOC[C@H]3C2)ccc1Nc1ncc(Cl)c(Nc2cccc3c2C(=O)N(C)CC3)n1. The van der Waals surface area contributed by atoms with Crippen molar-refractivity contribution < 1.29 is 14.3 Å². The van der Waals surface area contributed by atoms with E-state index in [-0.39, 0.29) is 5.91 Å². The van der Waals surface area contributed by atoms with Crippen LogP contribution in [0.2, 0.25) is 5.02 Å². The lowest BCUT2D eigenvalue weighted by Gasteiger charge is -2.41. The number of ether oxygens (including phenoxy) is 2. The number of amides is 1. The zero-order valence-electron chi connectivity index (χ0n) is 21.9. The Morgan fingerprint density at radius 1 is 1.13 bits per heavy atom. The van der Waals surface area contributed by atoms with Gasteiger partial charge in [-0.15, -0.1) is 0 Å². The number of hydrogen-bond donors (Lipinski definition) is 2. The second-order valence-corrected chi connectivity index (χ2v) is 10.2. The summed E-state index contributed by atoms with van der Waals surface area (Å²) in [6.45, 7) is 3.93. The van der Waals surface area contributed by atoms with Gasteiger partial charge in [0.2, 0.25) is 5.95 Å². The average Bonchev–Trinajstić information content (AvgIpc) is 2.96. The number of halogens is 1. The molecule has 0 saturated carbocycles. The van der Waals surface area contributed by atoms with Crippen molar-refractivity contribution >= 4 is 46.3 Å². The van der Waals surface area contributed by atoms with Crippen molar-refractivity contribution in [2.24, 2.45) is 0 Å². The minimum atomic E-state index is -0.0278. The summed E-state index contributed by atoms with van der Waals surface area (Å²) >= 11 is 6.45. The van der Waals surface area contributed by atoms with Gasteiger partial charge in [-0.1, -0.05) is 23.7 Å². The average molecular weight is 548 g/mol. The summed E-state index contributed by atoms with van der Waals surface area (Å²) in [5.41, 5.74) is 4.04. The molecule has 202 valence electrons. The van der Waals surface area contributed by atoms with Crippen LogP contribution in [0.5, 0.6) is 5.75 Å². The number of carbonyl (C=O) groups is 1. The normalized spacial score (nSPS) is 18.5. The first kappa shape index (κ1) is 25.3. The number of nitrogens with one attached hydrogen (secondary N) is 2. The van der Waals surface area contributed by atoms with E-state index in [1.165, 1.54) is 6.20 Å². The zero-order chi connectivity index (χ0) is 26.9. The molecule has 1 amide bonds. The highest BCUT2D eigenvalue weighted by Gasteiger charge is 2.27. The lowest BCUT2D eigenvalue weighted by atomic mass is 9.97. The summed E-state index contributed by atoms with van der Waals surface area (Å²) in [5, 5.41) is 6.84. The Hall–Kier alpha value is -4.02. The molecule has 0 unspecified atom stereocenters. The summed E-state index contributed by atoms with van der Waals surface area (Å²) in [5.74, 6) is 1.37. The van der Waals surface area contributed by atoms with E-state index in [2.05, 4.69) is 42.8 Å². The highest BCUT2D eigenvalue weighted by molar-refractivity contribution is 6.33. The third-order valence-corrected chi connectivity index (χ3v) is 7.58. The number of carbonyl (C=O) groups excluding carboxylic acids is 1. The number of nitrogens with zero attached hydrogens (tertiary/aromatic N) is 5. The maximum absolute atomic E-state index is 12.9. The fourth-order valence-corrected chi connectivity index (χ4v) is 5.28. The van der Waals surface area contributed by atoms with E-state index < -0.39 is 0 Å². The molecule has 0 spiro atoms. The highest BCUT2D eigenvalue weighted by Crippen LogP contribution is 2.34. The van der Waals surface area contributed by atoms with E-state index in [0.717, 1.165) is 44.0 Å².